The molecule has 0 saturated heterocycles. The van der Waals surface area contributed by atoms with Gasteiger partial charge in [-0.1, -0.05) is 84.8 Å². The van der Waals surface area contributed by atoms with Gasteiger partial charge in [-0.15, -0.1) is 0 Å². The first-order chi connectivity index (χ1) is 21.4. The van der Waals surface area contributed by atoms with E-state index in [-0.39, 0.29) is 12.2 Å². The van der Waals surface area contributed by atoms with Gasteiger partial charge < -0.3 is 14.0 Å². The highest BCUT2D eigenvalue weighted by Gasteiger charge is 2.36. The molecule has 7 nitrogen and oxygen atoms in total. The van der Waals surface area contributed by atoms with Crippen LogP contribution >= 0.6 is 22.9 Å². The Kier molecular flexibility index (Phi) is 8.55. The van der Waals surface area contributed by atoms with Crippen molar-refractivity contribution >= 4 is 45.9 Å². The minimum absolute atomic E-state index is 0.193. The van der Waals surface area contributed by atoms with Gasteiger partial charge in [-0.3, -0.25) is 9.36 Å². The summed E-state index contributed by atoms with van der Waals surface area (Å²) in [6.45, 7) is 4.68. The Hall–Kier alpha value is -4.40. The molecule has 1 aliphatic rings. The first kappa shape index (κ1) is 29.7. The minimum Gasteiger partial charge on any atom is -0.496 e. The number of hydrogen-bond acceptors (Lipinski definition) is 6. The molecule has 1 atom stereocenters. The van der Waals surface area contributed by atoms with E-state index in [0.29, 0.717) is 49.9 Å². The van der Waals surface area contributed by atoms with Crippen molar-refractivity contribution in [2.24, 2.45) is 4.99 Å². The lowest BCUT2D eigenvalue weighted by molar-refractivity contribution is -0.139. The lowest BCUT2D eigenvalue weighted by Gasteiger charge is -2.27. The predicted molar refractivity (Wildman–Crippen MR) is 175 cm³/mol. The van der Waals surface area contributed by atoms with Gasteiger partial charge in [0.25, 0.3) is 5.56 Å². The standard InChI is InChI=1S/C35H32ClN3O4S/c1-4-11-27-31(34(41)43-5-2)32(26-19-24(36)16-17-29(26)42-3)39-33(40)30(44-35(39)37-27)18-23-21-38(20-22-12-7-6-8-13-22)28-15-10-9-14-25(23)28/h6-10,12-19,21,32H,4-5,11,20H2,1-3H3/b30-18+/t32-/m0/s1. The number of nitrogens with zero attached hydrogens (tertiary/aromatic N) is 3. The molecule has 0 N–H and O–H groups in total. The second-order valence-corrected chi connectivity index (χ2v) is 12.0. The second-order valence-electron chi connectivity index (χ2n) is 10.5. The Balaban J connectivity index is 1.58. The van der Waals surface area contributed by atoms with Crippen LogP contribution in [0, 0.1) is 0 Å². The number of aromatic nitrogens is 2. The van der Waals surface area contributed by atoms with E-state index < -0.39 is 12.0 Å². The third kappa shape index (κ3) is 5.51. The number of esters is 1. The predicted octanol–water partition coefficient (Wildman–Crippen LogP) is 6.24. The molecule has 0 saturated carbocycles. The van der Waals surface area contributed by atoms with Crippen molar-refractivity contribution in [2.45, 2.75) is 39.3 Å². The molecular weight excluding hydrogens is 594 g/mol. The number of carbonyl (C=O) groups is 1. The zero-order valence-electron chi connectivity index (χ0n) is 24.7. The minimum atomic E-state index is -0.818. The molecule has 44 heavy (non-hydrogen) atoms. The Morgan fingerprint density at radius 1 is 1.07 bits per heavy atom. The van der Waals surface area contributed by atoms with Crippen LogP contribution in [0.3, 0.4) is 0 Å². The molecule has 5 aromatic rings. The van der Waals surface area contributed by atoms with Crippen LogP contribution in [0.1, 0.15) is 49.4 Å². The van der Waals surface area contributed by atoms with Crippen molar-refractivity contribution in [2.75, 3.05) is 13.7 Å². The number of allylic oxidation sites excluding steroid dienone is 1. The summed E-state index contributed by atoms with van der Waals surface area (Å²) in [4.78, 5) is 33.3. The summed E-state index contributed by atoms with van der Waals surface area (Å²) in [7, 11) is 1.56. The molecule has 0 radical (unpaired) electrons. The van der Waals surface area contributed by atoms with Gasteiger partial charge in [-0.2, -0.15) is 0 Å². The van der Waals surface area contributed by atoms with Gasteiger partial charge in [0, 0.05) is 39.8 Å². The van der Waals surface area contributed by atoms with E-state index in [2.05, 4.69) is 35.0 Å². The van der Waals surface area contributed by atoms with Crippen LogP contribution in [0.4, 0.5) is 0 Å². The van der Waals surface area contributed by atoms with E-state index in [4.69, 9.17) is 26.1 Å². The molecule has 6 rings (SSSR count). The summed E-state index contributed by atoms with van der Waals surface area (Å²) in [6.07, 6.45) is 5.32. The first-order valence-corrected chi connectivity index (χ1v) is 15.8. The molecule has 0 spiro atoms. The average Bonchev–Trinajstić information content (AvgIpc) is 3.53. The third-order valence-corrected chi connectivity index (χ3v) is 8.90. The van der Waals surface area contributed by atoms with Gasteiger partial charge in [0.15, 0.2) is 4.80 Å². The van der Waals surface area contributed by atoms with Gasteiger partial charge in [0.1, 0.15) is 11.8 Å². The third-order valence-electron chi connectivity index (χ3n) is 7.68. The fourth-order valence-electron chi connectivity index (χ4n) is 5.78. The van der Waals surface area contributed by atoms with Crippen LogP contribution in [-0.2, 0) is 16.1 Å². The molecule has 224 valence electrons. The van der Waals surface area contributed by atoms with E-state index in [1.54, 1.807) is 36.8 Å². The van der Waals surface area contributed by atoms with Crippen molar-refractivity contribution in [3.05, 3.63) is 132 Å². The number of methoxy groups -OCH3 is 1. The molecule has 3 heterocycles. The smallest absolute Gasteiger partial charge is 0.338 e. The lowest BCUT2D eigenvalue weighted by Crippen LogP contribution is -2.40. The summed E-state index contributed by atoms with van der Waals surface area (Å²) in [5.74, 6) is 0.00231. The highest BCUT2D eigenvalue weighted by Crippen LogP contribution is 2.38. The molecule has 9 heteroatoms. The topological polar surface area (TPSA) is 74.8 Å². The number of ether oxygens (including phenoxy) is 2. The van der Waals surface area contributed by atoms with Crippen molar-refractivity contribution in [1.29, 1.82) is 0 Å². The van der Waals surface area contributed by atoms with E-state index >= 15 is 0 Å². The van der Waals surface area contributed by atoms with Crippen LogP contribution in [-0.4, -0.2) is 28.8 Å². The number of benzene rings is 3. The second kappa shape index (κ2) is 12.7. The fraction of sp³-hybridized carbons (Fsp3) is 0.229. The summed E-state index contributed by atoms with van der Waals surface area (Å²) in [5.41, 5.74) is 4.46. The molecule has 0 amide bonds. The largest absolute Gasteiger partial charge is 0.496 e. The van der Waals surface area contributed by atoms with Crippen molar-refractivity contribution < 1.29 is 14.3 Å². The Labute approximate surface area is 264 Å². The number of para-hydroxylation sites is 1. The monoisotopic (exact) mass is 625 g/mol. The fourth-order valence-corrected chi connectivity index (χ4v) is 6.97. The summed E-state index contributed by atoms with van der Waals surface area (Å²) in [6, 6.07) is 22.9. The van der Waals surface area contributed by atoms with Crippen LogP contribution in [0.25, 0.3) is 17.0 Å². The van der Waals surface area contributed by atoms with Crippen LogP contribution < -0.4 is 19.6 Å². The molecular formula is C35H32ClN3O4S. The van der Waals surface area contributed by atoms with E-state index in [9.17, 15) is 9.59 Å². The SMILES string of the molecule is CCCC1=C(C(=O)OCC)[C@H](c2cc(Cl)ccc2OC)n2c(s/c(=C/c3cn(Cc4ccccc4)c4ccccc34)c2=O)=N1. The maximum absolute atomic E-state index is 14.3. The zero-order chi connectivity index (χ0) is 30.8. The molecule has 0 fully saturated rings. The molecule has 3 aromatic carbocycles. The Morgan fingerprint density at radius 2 is 1.84 bits per heavy atom. The maximum Gasteiger partial charge on any atom is 0.338 e. The Bertz CT molecular complexity index is 2070. The molecule has 0 unspecified atom stereocenters. The summed E-state index contributed by atoms with van der Waals surface area (Å²) in [5, 5.41) is 1.51. The number of carbonyl (C=O) groups excluding carboxylic acids is 1. The van der Waals surface area contributed by atoms with Gasteiger partial charge in [0.05, 0.1) is 29.5 Å². The number of halogens is 1. The van der Waals surface area contributed by atoms with Gasteiger partial charge >= 0.3 is 5.97 Å². The average molecular weight is 626 g/mol. The highest BCUT2D eigenvalue weighted by atomic mass is 35.5. The zero-order valence-corrected chi connectivity index (χ0v) is 26.3. The lowest BCUT2D eigenvalue weighted by atomic mass is 9.93. The molecule has 2 aromatic heterocycles. The number of fused-ring (bicyclic) bond motifs is 2. The molecule has 0 bridgehead atoms. The quantitative estimate of drug-likeness (QED) is 0.182. The molecule has 1 aliphatic heterocycles. The number of thiazole rings is 1. The van der Waals surface area contributed by atoms with Crippen LogP contribution in [0.5, 0.6) is 5.75 Å². The van der Waals surface area contributed by atoms with Crippen LogP contribution in [0.15, 0.2) is 100 Å². The summed E-state index contributed by atoms with van der Waals surface area (Å²) < 4.78 is 15.5. The number of hydrogen-bond donors (Lipinski definition) is 0. The first-order valence-electron chi connectivity index (χ1n) is 14.6. The van der Waals surface area contributed by atoms with Gasteiger partial charge in [-0.05, 0) is 49.2 Å². The van der Waals surface area contributed by atoms with Gasteiger partial charge in [0.2, 0.25) is 0 Å². The maximum atomic E-state index is 14.3. The Morgan fingerprint density at radius 3 is 2.59 bits per heavy atom. The van der Waals surface area contributed by atoms with Crippen LogP contribution in [0.2, 0.25) is 5.02 Å². The van der Waals surface area contributed by atoms with Crippen molar-refractivity contribution in [3.63, 3.8) is 0 Å². The van der Waals surface area contributed by atoms with Gasteiger partial charge in [-0.25, -0.2) is 9.79 Å². The highest BCUT2D eigenvalue weighted by molar-refractivity contribution is 7.07. The number of rotatable bonds is 9. The van der Waals surface area contributed by atoms with E-state index in [1.807, 2.05) is 43.3 Å². The van der Waals surface area contributed by atoms with Crippen molar-refractivity contribution in [1.82, 2.24) is 9.13 Å². The van der Waals surface area contributed by atoms with E-state index in [1.165, 1.54) is 16.9 Å². The molecule has 0 aliphatic carbocycles. The van der Waals surface area contributed by atoms with E-state index in [0.717, 1.165) is 22.9 Å². The summed E-state index contributed by atoms with van der Waals surface area (Å²) >= 11 is 7.78. The normalized spacial score (nSPS) is 14.9. The van der Waals surface area contributed by atoms with Crippen molar-refractivity contribution in [3.8, 4) is 5.75 Å².